The number of benzene rings is 2. The van der Waals surface area contributed by atoms with E-state index in [9.17, 15) is 14.4 Å². The number of imidazole rings is 1. The number of nitrogens with zero attached hydrogens (tertiary/aromatic N) is 7. The van der Waals surface area contributed by atoms with E-state index in [2.05, 4.69) is 47.7 Å². The Kier molecular flexibility index (Phi) is 10.0. The number of carbonyl (C=O) groups excluding carboxylic acids is 3. The van der Waals surface area contributed by atoms with Crippen molar-refractivity contribution >= 4 is 52.9 Å². The molecule has 3 amide bonds. The summed E-state index contributed by atoms with van der Waals surface area (Å²) in [4.78, 5) is 51.0. The quantitative estimate of drug-likeness (QED) is 0.214. The minimum Gasteiger partial charge on any atom is -0.453 e. The molecule has 4 aromatic rings. The third-order valence-corrected chi connectivity index (χ3v) is 9.21. The zero-order valence-electron chi connectivity index (χ0n) is 26.3. The molecule has 3 atom stereocenters. The summed E-state index contributed by atoms with van der Waals surface area (Å²) in [6, 6.07) is 11.5. The molecule has 2 unspecified atom stereocenters. The van der Waals surface area contributed by atoms with Crippen molar-refractivity contribution < 1.29 is 19.1 Å². The van der Waals surface area contributed by atoms with Gasteiger partial charge in [-0.2, -0.15) is 4.68 Å². The summed E-state index contributed by atoms with van der Waals surface area (Å²) in [6.07, 6.45) is 5.95. The average molecular weight is 694 g/mol. The molecule has 0 bridgehead atoms. The number of H-pyrrole nitrogens is 1. The number of hydrogen-bond donors (Lipinski definition) is 3. The number of aromatic nitrogens is 6. The van der Waals surface area contributed by atoms with Gasteiger partial charge in [0.25, 0.3) is 0 Å². The molecule has 6 rings (SSSR count). The van der Waals surface area contributed by atoms with Gasteiger partial charge in [0, 0.05) is 53.1 Å². The van der Waals surface area contributed by atoms with Gasteiger partial charge in [-0.3, -0.25) is 19.8 Å². The van der Waals surface area contributed by atoms with Crippen molar-refractivity contribution in [1.82, 2.24) is 45.3 Å². The molecular formula is C32H34Cl2N10O4. The average Bonchev–Trinajstić information content (AvgIpc) is 3.86. The predicted octanol–water partition coefficient (Wildman–Crippen LogP) is 4.49. The maximum atomic E-state index is 13.8. The lowest BCUT2D eigenvalue weighted by Crippen LogP contribution is -2.58. The molecule has 2 aromatic carbocycles. The van der Waals surface area contributed by atoms with Gasteiger partial charge in [-0.1, -0.05) is 35.3 Å². The third-order valence-electron chi connectivity index (χ3n) is 8.70. The molecule has 4 heterocycles. The Morgan fingerprint density at radius 1 is 1.12 bits per heavy atom. The SMILES string of the molecule is COC(=O)Nc1ccc(-c2nc(C(CC(=O)N3CCN4CCC[C@H]4C3C)NC(=O)/C=C/c3cc(Cl)ccc3-n3cnnn3)[nH]c2Cl)cc1. The van der Waals surface area contributed by atoms with Gasteiger partial charge >= 0.3 is 6.09 Å². The van der Waals surface area contributed by atoms with Gasteiger partial charge in [0.2, 0.25) is 11.8 Å². The maximum Gasteiger partial charge on any atom is 0.411 e. The minimum absolute atomic E-state index is 0.0328. The summed E-state index contributed by atoms with van der Waals surface area (Å²) >= 11 is 12.9. The number of fused-ring (bicyclic) bond motifs is 1. The Labute approximate surface area is 286 Å². The first-order valence-corrected chi connectivity index (χ1v) is 16.2. The maximum absolute atomic E-state index is 13.8. The molecule has 3 N–H and O–H groups in total. The lowest BCUT2D eigenvalue weighted by atomic mass is 10.0. The molecule has 0 saturated carbocycles. The molecule has 0 radical (unpaired) electrons. The highest BCUT2D eigenvalue weighted by atomic mass is 35.5. The van der Waals surface area contributed by atoms with Crippen molar-refractivity contribution in [3.8, 4) is 16.9 Å². The topological polar surface area (TPSA) is 163 Å². The fourth-order valence-corrected chi connectivity index (χ4v) is 6.74. The highest BCUT2D eigenvalue weighted by molar-refractivity contribution is 6.32. The molecule has 48 heavy (non-hydrogen) atoms. The van der Waals surface area contributed by atoms with Crippen molar-refractivity contribution in [2.24, 2.45) is 0 Å². The third kappa shape index (κ3) is 7.35. The summed E-state index contributed by atoms with van der Waals surface area (Å²) in [5, 5.41) is 17.6. The normalized spacial score (nSPS) is 18.5. The van der Waals surface area contributed by atoms with E-state index in [-0.39, 0.29) is 23.5 Å². The molecule has 250 valence electrons. The number of piperazine rings is 1. The van der Waals surface area contributed by atoms with Gasteiger partial charge in [0.15, 0.2) is 0 Å². The second-order valence-electron chi connectivity index (χ2n) is 11.6. The molecule has 2 saturated heterocycles. The number of methoxy groups -OCH3 is 1. The lowest BCUT2D eigenvalue weighted by molar-refractivity contribution is -0.137. The lowest BCUT2D eigenvalue weighted by Gasteiger charge is -2.43. The van der Waals surface area contributed by atoms with E-state index < -0.39 is 18.0 Å². The number of nitrogens with one attached hydrogen (secondary N) is 3. The number of aromatic amines is 1. The molecule has 16 heteroatoms. The number of amides is 3. The van der Waals surface area contributed by atoms with Gasteiger partial charge in [0.1, 0.15) is 23.0 Å². The zero-order valence-corrected chi connectivity index (χ0v) is 27.8. The molecule has 2 aliphatic rings. The van der Waals surface area contributed by atoms with Crippen LogP contribution in [0.15, 0.2) is 54.9 Å². The fourth-order valence-electron chi connectivity index (χ4n) is 6.31. The molecular weight excluding hydrogens is 659 g/mol. The van der Waals surface area contributed by atoms with Gasteiger partial charge in [-0.25, -0.2) is 9.78 Å². The van der Waals surface area contributed by atoms with Crippen molar-refractivity contribution in [3.63, 3.8) is 0 Å². The van der Waals surface area contributed by atoms with Gasteiger partial charge in [-0.15, -0.1) is 5.10 Å². The first kappa shape index (κ1) is 33.1. The Morgan fingerprint density at radius 3 is 2.69 bits per heavy atom. The summed E-state index contributed by atoms with van der Waals surface area (Å²) in [6.45, 7) is 4.57. The standard InChI is InChI=1S/C32H34Cl2N10O4/c1-19-25-4-3-13-42(25)14-15-43(19)28(46)17-24(31-38-29(30(34)39-31)20-5-9-23(10-6-20)36-32(47)48-2)37-27(45)12-7-21-16-22(33)8-11-26(21)44-18-35-40-41-44/h5-12,16,18-19,24-25H,3-4,13-15,17H2,1-2H3,(H,36,47)(H,37,45)(H,38,39)/b12-7+/t19?,24?,25-/m0/s1. The summed E-state index contributed by atoms with van der Waals surface area (Å²) in [7, 11) is 1.28. The van der Waals surface area contributed by atoms with Crippen LogP contribution in [0, 0.1) is 0 Å². The first-order valence-electron chi connectivity index (χ1n) is 15.5. The van der Waals surface area contributed by atoms with E-state index in [4.69, 9.17) is 28.2 Å². The van der Waals surface area contributed by atoms with Gasteiger partial charge in [0.05, 0.1) is 25.3 Å². The van der Waals surface area contributed by atoms with E-state index in [1.807, 2.05) is 4.90 Å². The van der Waals surface area contributed by atoms with Crippen LogP contribution in [0.1, 0.15) is 43.6 Å². The van der Waals surface area contributed by atoms with E-state index >= 15 is 0 Å². The molecule has 2 fully saturated rings. The van der Waals surface area contributed by atoms with Crippen molar-refractivity contribution in [2.75, 3.05) is 32.1 Å². The van der Waals surface area contributed by atoms with E-state index in [1.165, 1.54) is 24.2 Å². The number of ether oxygens (including phenoxy) is 1. The van der Waals surface area contributed by atoms with Crippen LogP contribution in [0.3, 0.4) is 0 Å². The highest BCUT2D eigenvalue weighted by Gasteiger charge is 2.39. The second-order valence-corrected chi connectivity index (χ2v) is 12.4. The summed E-state index contributed by atoms with van der Waals surface area (Å²) < 4.78 is 6.11. The van der Waals surface area contributed by atoms with E-state index in [0.717, 1.165) is 25.9 Å². The van der Waals surface area contributed by atoms with Crippen LogP contribution in [0.4, 0.5) is 10.5 Å². The van der Waals surface area contributed by atoms with Crippen LogP contribution in [-0.4, -0.2) is 96.7 Å². The number of carbonyl (C=O) groups is 3. The molecule has 0 spiro atoms. The van der Waals surface area contributed by atoms with Crippen molar-refractivity contribution in [3.05, 3.63) is 76.4 Å². The van der Waals surface area contributed by atoms with E-state index in [0.29, 0.717) is 51.6 Å². The van der Waals surface area contributed by atoms with Crippen LogP contribution in [-0.2, 0) is 14.3 Å². The molecule has 14 nitrogen and oxygen atoms in total. The van der Waals surface area contributed by atoms with Gasteiger partial charge < -0.3 is 19.9 Å². The van der Waals surface area contributed by atoms with Crippen LogP contribution in [0.2, 0.25) is 10.2 Å². The number of halogens is 2. The fraction of sp³-hybridized carbons (Fsp3) is 0.344. The molecule has 2 aromatic heterocycles. The minimum atomic E-state index is -0.826. The summed E-state index contributed by atoms with van der Waals surface area (Å²) in [5.74, 6) is -0.228. The van der Waals surface area contributed by atoms with Crippen molar-refractivity contribution in [2.45, 2.75) is 44.3 Å². The zero-order chi connectivity index (χ0) is 33.8. The number of rotatable bonds is 9. The summed E-state index contributed by atoms with van der Waals surface area (Å²) in [5.41, 5.74) is 2.84. The highest BCUT2D eigenvalue weighted by Crippen LogP contribution is 2.31. The Hall–Kier alpha value is -4.79. The molecule has 2 aliphatic heterocycles. The number of hydrogen-bond acceptors (Lipinski definition) is 9. The van der Waals surface area contributed by atoms with Crippen LogP contribution < -0.4 is 10.6 Å². The monoisotopic (exact) mass is 692 g/mol. The first-order chi connectivity index (χ1) is 23.2. The van der Waals surface area contributed by atoms with Crippen molar-refractivity contribution in [1.29, 1.82) is 0 Å². The second kappa shape index (κ2) is 14.5. The largest absolute Gasteiger partial charge is 0.453 e. The number of anilines is 1. The van der Waals surface area contributed by atoms with E-state index in [1.54, 1.807) is 48.5 Å². The van der Waals surface area contributed by atoms with Crippen LogP contribution in [0.5, 0.6) is 0 Å². The van der Waals surface area contributed by atoms with Gasteiger partial charge in [-0.05, 0) is 73.1 Å². The predicted molar refractivity (Wildman–Crippen MR) is 180 cm³/mol. The molecule has 0 aliphatic carbocycles. The smallest absolute Gasteiger partial charge is 0.411 e. The van der Waals surface area contributed by atoms with Crippen LogP contribution >= 0.6 is 23.2 Å². The Balaban J connectivity index is 1.25. The van der Waals surface area contributed by atoms with Crippen LogP contribution in [0.25, 0.3) is 23.0 Å². The Morgan fingerprint density at radius 2 is 1.94 bits per heavy atom. The Bertz CT molecular complexity index is 1810. The number of tetrazole rings is 1.